The van der Waals surface area contributed by atoms with Crippen LogP contribution in [0.5, 0.6) is 0 Å². The fourth-order valence-electron chi connectivity index (χ4n) is 1.80. The molecule has 1 amide bonds. The normalized spacial score (nSPS) is 29.1. The molecule has 2 atom stereocenters. The SMILES string of the molecule is CC1(OS(=O)(=O)NC(=O)[C@H]2C[C@H]2CC(F)F)CC1. The number of hydrogen-bond acceptors (Lipinski definition) is 4. The standard InChI is InChI=1S/C10H15F2NO4S/c1-10(2-3-10)17-18(15,16)13-9(14)7-4-6(7)5-8(11)12/h6-8H,2-5H2,1H3,(H,13,14)/t6-,7-/m0/s1. The second-order valence-electron chi connectivity index (χ2n) is 5.18. The van der Waals surface area contributed by atoms with Crippen molar-refractivity contribution in [1.29, 1.82) is 0 Å². The van der Waals surface area contributed by atoms with E-state index in [4.69, 9.17) is 4.18 Å². The number of hydrogen-bond donors (Lipinski definition) is 1. The van der Waals surface area contributed by atoms with Crippen LogP contribution in [0.3, 0.4) is 0 Å². The summed E-state index contributed by atoms with van der Waals surface area (Å²) < 4.78 is 53.6. The van der Waals surface area contributed by atoms with Gasteiger partial charge in [-0.15, -0.1) is 0 Å². The lowest BCUT2D eigenvalue weighted by Crippen LogP contribution is -2.36. The van der Waals surface area contributed by atoms with Gasteiger partial charge in [-0.25, -0.2) is 17.7 Å². The molecule has 18 heavy (non-hydrogen) atoms. The van der Waals surface area contributed by atoms with Crippen molar-refractivity contribution in [2.75, 3.05) is 0 Å². The van der Waals surface area contributed by atoms with Gasteiger partial charge in [-0.05, 0) is 32.1 Å². The minimum Gasteiger partial charge on any atom is -0.274 e. The van der Waals surface area contributed by atoms with Gasteiger partial charge in [0.25, 0.3) is 0 Å². The summed E-state index contributed by atoms with van der Waals surface area (Å²) in [5, 5.41) is 0. The molecule has 0 aromatic carbocycles. The largest absolute Gasteiger partial charge is 0.362 e. The Morgan fingerprint density at radius 3 is 2.61 bits per heavy atom. The monoisotopic (exact) mass is 283 g/mol. The molecule has 0 unspecified atom stereocenters. The Hall–Kier alpha value is -0.760. The summed E-state index contributed by atoms with van der Waals surface area (Å²) in [6.45, 7) is 1.63. The third-order valence-corrected chi connectivity index (χ3v) is 4.30. The first-order valence-corrected chi connectivity index (χ1v) is 7.17. The van der Waals surface area contributed by atoms with Crippen molar-refractivity contribution < 1.29 is 26.2 Å². The van der Waals surface area contributed by atoms with E-state index in [1.165, 1.54) is 0 Å². The molecule has 2 aliphatic carbocycles. The maximum Gasteiger partial charge on any atom is 0.362 e. The van der Waals surface area contributed by atoms with Crippen molar-refractivity contribution in [3.8, 4) is 0 Å². The summed E-state index contributed by atoms with van der Waals surface area (Å²) in [6, 6.07) is 0. The van der Waals surface area contributed by atoms with E-state index in [0.29, 0.717) is 19.3 Å². The molecule has 2 saturated carbocycles. The zero-order valence-electron chi connectivity index (χ0n) is 9.86. The quantitative estimate of drug-likeness (QED) is 0.795. The predicted octanol–water partition coefficient (Wildman–Crippen LogP) is 1.21. The molecule has 1 N–H and O–H groups in total. The van der Waals surface area contributed by atoms with E-state index in [2.05, 4.69) is 0 Å². The lowest BCUT2D eigenvalue weighted by atomic mass is 10.2. The van der Waals surface area contributed by atoms with E-state index >= 15 is 0 Å². The number of halogens is 2. The molecular weight excluding hydrogens is 268 g/mol. The second-order valence-corrected chi connectivity index (χ2v) is 6.46. The zero-order chi connectivity index (χ0) is 13.6. The Morgan fingerprint density at radius 1 is 1.50 bits per heavy atom. The minimum atomic E-state index is -4.12. The molecule has 0 aliphatic heterocycles. The molecule has 8 heteroatoms. The fourth-order valence-corrected chi connectivity index (χ4v) is 2.94. The van der Waals surface area contributed by atoms with Crippen molar-refractivity contribution in [2.24, 2.45) is 11.8 Å². The average molecular weight is 283 g/mol. The first-order chi connectivity index (χ1) is 8.21. The highest BCUT2D eigenvalue weighted by molar-refractivity contribution is 7.85. The highest BCUT2D eigenvalue weighted by Gasteiger charge is 2.47. The number of carbonyl (C=O) groups is 1. The molecule has 0 aromatic rings. The average Bonchev–Trinajstić information content (AvgIpc) is 3.03. The molecule has 0 heterocycles. The number of rotatable bonds is 6. The Labute approximate surface area is 104 Å². The van der Waals surface area contributed by atoms with Gasteiger partial charge < -0.3 is 0 Å². The smallest absolute Gasteiger partial charge is 0.274 e. The van der Waals surface area contributed by atoms with Crippen LogP contribution in [-0.4, -0.2) is 26.4 Å². The van der Waals surface area contributed by atoms with Gasteiger partial charge in [0.1, 0.15) is 0 Å². The third kappa shape index (κ3) is 3.61. The predicted molar refractivity (Wildman–Crippen MR) is 58.0 cm³/mol. The summed E-state index contributed by atoms with van der Waals surface area (Å²) in [7, 11) is -4.12. The van der Waals surface area contributed by atoms with Crippen LogP contribution in [0.15, 0.2) is 0 Å². The molecule has 0 spiro atoms. The second kappa shape index (κ2) is 4.41. The van der Waals surface area contributed by atoms with E-state index < -0.39 is 40.1 Å². The molecule has 0 saturated heterocycles. The van der Waals surface area contributed by atoms with Gasteiger partial charge in [0.05, 0.1) is 5.60 Å². The van der Waals surface area contributed by atoms with Crippen molar-refractivity contribution >= 4 is 16.2 Å². The zero-order valence-corrected chi connectivity index (χ0v) is 10.7. The molecule has 2 rings (SSSR count). The number of amides is 1. The Kier molecular flexibility index (Phi) is 3.35. The summed E-state index contributed by atoms with van der Waals surface area (Å²) in [5.74, 6) is -1.80. The summed E-state index contributed by atoms with van der Waals surface area (Å²) in [6.07, 6.45) is -1.27. The van der Waals surface area contributed by atoms with Gasteiger partial charge >= 0.3 is 10.3 Å². The van der Waals surface area contributed by atoms with E-state index in [1.54, 1.807) is 11.6 Å². The van der Waals surface area contributed by atoms with E-state index in [9.17, 15) is 22.0 Å². The van der Waals surface area contributed by atoms with Gasteiger partial charge in [-0.2, -0.15) is 8.42 Å². The summed E-state index contributed by atoms with van der Waals surface area (Å²) >= 11 is 0. The van der Waals surface area contributed by atoms with Crippen molar-refractivity contribution in [1.82, 2.24) is 4.72 Å². The van der Waals surface area contributed by atoms with E-state index in [0.717, 1.165) is 0 Å². The maximum absolute atomic E-state index is 12.1. The first kappa shape index (κ1) is 13.7. The molecule has 2 aliphatic rings. The lowest BCUT2D eigenvalue weighted by molar-refractivity contribution is -0.121. The maximum atomic E-state index is 12.1. The molecular formula is C10H15F2NO4S. The van der Waals surface area contributed by atoms with Crippen molar-refractivity contribution in [3.05, 3.63) is 0 Å². The van der Waals surface area contributed by atoms with Gasteiger partial charge in [0.15, 0.2) is 0 Å². The highest BCUT2D eigenvalue weighted by Crippen LogP contribution is 2.43. The summed E-state index contributed by atoms with van der Waals surface area (Å²) in [5.41, 5.74) is -0.710. The molecule has 5 nitrogen and oxygen atoms in total. The van der Waals surface area contributed by atoms with Crippen molar-refractivity contribution in [3.63, 3.8) is 0 Å². The molecule has 104 valence electrons. The highest BCUT2D eigenvalue weighted by atomic mass is 32.2. The first-order valence-electron chi connectivity index (χ1n) is 5.76. The fraction of sp³-hybridized carbons (Fsp3) is 0.900. The van der Waals surface area contributed by atoms with Gasteiger partial charge in [0, 0.05) is 12.3 Å². The van der Waals surface area contributed by atoms with Crippen LogP contribution in [0.4, 0.5) is 8.78 Å². The van der Waals surface area contributed by atoms with Crippen LogP contribution < -0.4 is 4.72 Å². The molecule has 2 fully saturated rings. The van der Waals surface area contributed by atoms with Crippen LogP contribution >= 0.6 is 0 Å². The van der Waals surface area contributed by atoms with E-state index in [-0.39, 0.29) is 6.42 Å². The third-order valence-electron chi connectivity index (χ3n) is 3.23. The van der Waals surface area contributed by atoms with E-state index in [1.807, 2.05) is 0 Å². The van der Waals surface area contributed by atoms with Crippen LogP contribution in [0, 0.1) is 11.8 Å². The topological polar surface area (TPSA) is 72.5 Å². The summed E-state index contributed by atoms with van der Waals surface area (Å²) in [4.78, 5) is 11.5. The number of carbonyl (C=O) groups excluding carboxylic acids is 1. The van der Waals surface area contributed by atoms with Gasteiger partial charge in [0.2, 0.25) is 12.3 Å². The van der Waals surface area contributed by atoms with Crippen LogP contribution in [0.25, 0.3) is 0 Å². The van der Waals surface area contributed by atoms with Crippen LogP contribution in [0.2, 0.25) is 0 Å². The Bertz CT molecular complexity index is 447. The van der Waals surface area contributed by atoms with Crippen LogP contribution in [-0.2, 0) is 19.3 Å². The minimum absolute atomic E-state index is 0.308. The van der Waals surface area contributed by atoms with Crippen molar-refractivity contribution in [2.45, 2.75) is 44.6 Å². The number of nitrogens with one attached hydrogen (secondary N) is 1. The van der Waals surface area contributed by atoms with Crippen LogP contribution in [0.1, 0.15) is 32.6 Å². The Morgan fingerprint density at radius 2 is 2.11 bits per heavy atom. The van der Waals surface area contributed by atoms with Gasteiger partial charge in [-0.3, -0.25) is 4.79 Å². The molecule has 0 bridgehead atoms. The number of alkyl halides is 2. The molecule has 0 aromatic heterocycles. The Balaban J connectivity index is 1.81. The molecule has 0 radical (unpaired) electrons. The lowest BCUT2D eigenvalue weighted by Gasteiger charge is -2.11. The van der Waals surface area contributed by atoms with Gasteiger partial charge in [-0.1, -0.05) is 0 Å².